The first-order chi connectivity index (χ1) is 14.1. The fourth-order valence-corrected chi connectivity index (χ4v) is 4.77. The van der Waals surface area contributed by atoms with Gasteiger partial charge in [0.2, 0.25) is 5.91 Å². The number of fused-ring (bicyclic) bond motifs is 3. The van der Waals surface area contributed by atoms with Crippen LogP contribution < -0.4 is 5.32 Å². The normalized spacial score (nSPS) is 12.4. The molecule has 0 radical (unpaired) electrons. The summed E-state index contributed by atoms with van der Waals surface area (Å²) in [6, 6.07) is 22.2. The van der Waals surface area contributed by atoms with Gasteiger partial charge in [-0.05, 0) is 61.9 Å². The number of amides is 1. The van der Waals surface area contributed by atoms with E-state index in [1.54, 1.807) is 11.8 Å². The minimum atomic E-state index is -0.163. The Hall–Kier alpha value is -2.43. The second-order valence-corrected chi connectivity index (χ2v) is 8.66. The van der Waals surface area contributed by atoms with Crippen molar-refractivity contribution in [1.29, 1.82) is 0 Å². The van der Waals surface area contributed by atoms with Gasteiger partial charge in [-0.25, -0.2) is 0 Å². The molecule has 3 nitrogen and oxygen atoms in total. The lowest BCUT2D eigenvalue weighted by Crippen LogP contribution is -2.24. The van der Waals surface area contributed by atoms with E-state index in [0.717, 1.165) is 23.5 Å². The van der Waals surface area contributed by atoms with Crippen LogP contribution in [0.15, 0.2) is 71.6 Å². The molecule has 148 valence electrons. The molecule has 0 aliphatic rings. The number of halogens is 1. The smallest absolute Gasteiger partial charge is 0.237 e. The van der Waals surface area contributed by atoms with Crippen molar-refractivity contribution in [1.82, 2.24) is 4.57 Å². The maximum atomic E-state index is 12.9. The molecule has 5 heteroatoms. The summed E-state index contributed by atoms with van der Waals surface area (Å²) in [5.41, 5.74) is 3.24. The minimum Gasteiger partial charge on any atom is -0.341 e. The Morgan fingerprint density at radius 2 is 1.72 bits per heavy atom. The number of hydrogen-bond donors (Lipinski definition) is 1. The van der Waals surface area contributed by atoms with Crippen molar-refractivity contribution in [3.63, 3.8) is 0 Å². The van der Waals surface area contributed by atoms with Crippen LogP contribution in [0.1, 0.15) is 20.3 Å². The van der Waals surface area contributed by atoms with E-state index in [2.05, 4.69) is 53.2 Å². The molecule has 4 rings (SSSR count). The number of nitrogens with zero attached hydrogens (tertiary/aromatic N) is 1. The average Bonchev–Trinajstić information content (AvgIpc) is 3.06. The van der Waals surface area contributed by atoms with E-state index >= 15 is 0 Å². The molecule has 1 N–H and O–H groups in total. The summed E-state index contributed by atoms with van der Waals surface area (Å²) in [4.78, 5) is 14.0. The van der Waals surface area contributed by atoms with Crippen LogP contribution in [0.2, 0.25) is 5.02 Å². The summed E-state index contributed by atoms with van der Waals surface area (Å²) in [5.74, 6) is 0.0195. The van der Waals surface area contributed by atoms with Crippen molar-refractivity contribution < 1.29 is 4.79 Å². The summed E-state index contributed by atoms with van der Waals surface area (Å²) in [5, 5.41) is 6.03. The molecule has 29 heavy (non-hydrogen) atoms. The Morgan fingerprint density at radius 1 is 1.00 bits per heavy atom. The first-order valence-electron chi connectivity index (χ1n) is 9.84. The molecule has 1 heterocycles. The number of anilines is 1. The summed E-state index contributed by atoms with van der Waals surface area (Å²) >= 11 is 7.53. The Labute approximate surface area is 180 Å². The van der Waals surface area contributed by atoms with Crippen LogP contribution in [0.25, 0.3) is 21.8 Å². The number of carbonyl (C=O) groups excluding carboxylic acids is 1. The second kappa shape index (κ2) is 8.52. The summed E-state index contributed by atoms with van der Waals surface area (Å²) < 4.78 is 2.31. The predicted octanol–water partition coefficient (Wildman–Crippen LogP) is 6.98. The van der Waals surface area contributed by atoms with Crippen molar-refractivity contribution in [3.05, 3.63) is 71.8 Å². The number of nitrogens with one attached hydrogen (secondary N) is 1. The van der Waals surface area contributed by atoms with Crippen LogP contribution in [0, 0.1) is 0 Å². The lowest BCUT2D eigenvalue weighted by Gasteiger charge is -2.15. The van der Waals surface area contributed by atoms with Gasteiger partial charge in [0.1, 0.15) is 0 Å². The highest BCUT2D eigenvalue weighted by Crippen LogP contribution is 2.32. The third kappa shape index (κ3) is 4.00. The van der Waals surface area contributed by atoms with Crippen molar-refractivity contribution in [2.45, 2.75) is 37.0 Å². The van der Waals surface area contributed by atoms with Gasteiger partial charge in [0, 0.05) is 44.0 Å². The van der Waals surface area contributed by atoms with Gasteiger partial charge in [-0.3, -0.25) is 4.79 Å². The number of benzene rings is 3. The van der Waals surface area contributed by atoms with E-state index in [-0.39, 0.29) is 11.2 Å². The monoisotopic (exact) mass is 422 g/mol. The zero-order valence-electron chi connectivity index (χ0n) is 16.5. The molecule has 1 atom stereocenters. The highest BCUT2D eigenvalue weighted by Gasteiger charge is 2.19. The topological polar surface area (TPSA) is 34.0 Å². The maximum Gasteiger partial charge on any atom is 0.237 e. The van der Waals surface area contributed by atoms with Crippen molar-refractivity contribution in [2.24, 2.45) is 0 Å². The molecule has 0 saturated carbocycles. The summed E-state index contributed by atoms with van der Waals surface area (Å²) in [6.45, 7) is 5.10. The molecule has 3 aromatic carbocycles. The molecule has 4 aromatic rings. The number of para-hydroxylation sites is 1. The van der Waals surface area contributed by atoms with Crippen LogP contribution in [-0.4, -0.2) is 15.7 Å². The van der Waals surface area contributed by atoms with Gasteiger partial charge in [0.15, 0.2) is 0 Å². The molecule has 0 aliphatic carbocycles. The number of carbonyl (C=O) groups is 1. The van der Waals surface area contributed by atoms with Crippen LogP contribution in [-0.2, 0) is 11.3 Å². The third-order valence-corrected chi connectivity index (χ3v) is 6.74. The maximum absolute atomic E-state index is 12.9. The average molecular weight is 423 g/mol. The van der Waals surface area contributed by atoms with E-state index in [4.69, 9.17) is 11.6 Å². The molecule has 1 amide bonds. The van der Waals surface area contributed by atoms with Crippen molar-refractivity contribution in [2.75, 3.05) is 5.32 Å². The van der Waals surface area contributed by atoms with Gasteiger partial charge < -0.3 is 9.88 Å². The fraction of sp³-hybridized carbons (Fsp3) is 0.208. The first kappa shape index (κ1) is 19.9. The highest BCUT2D eigenvalue weighted by molar-refractivity contribution is 8.00. The van der Waals surface area contributed by atoms with E-state index in [1.165, 1.54) is 21.8 Å². The lowest BCUT2D eigenvalue weighted by atomic mass is 10.1. The molecule has 0 unspecified atom stereocenters. The number of aromatic nitrogens is 1. The number of thioether (sulfide) groups is 1. The quantitative estimate of drug-likeness (QED) is 0.340. The fourth-order valence-electron chi connectivity index (χ4n) is 3.69. The zero-order chi connectivity index (χ0) is 20.4. The van der Waals surface area contributed by atoms with Crippen molar-refractivity contribution >= 4 is 56.8 Å². The molecular weight excluding hydrogens is 400 g/mol. The van der Waals surface area contributed by atoms with Crippen LogP contribution in [0.3, 0.4) is 0 Å². The van der Waals surface area contributed by atoms with Gasteiger partial charge in [-0.1, -0.05) is 36.7 Å². The van der Waals surface area contributed by atoms with Gasteiger partial charge in [-0.15, -0.1) is 11.8 Å². The van der Waals surface area contributed by atoms with Gasteiger partial charge >= 0.3 is 0 Å². The Bertz CT molecular complexity index is 1170. The molecule has 0 bridgehead atoms. The van der Waals surface area contributed by atoms with Crippen LogP contribution in [0.4, 0.5) is 5.69 Å². The van der Waals surface area contributed by atoms with Gasteiger partial charge in [0.05, 0.1) is 5.25 Å². The third-order valence-electron chi connectivity index (χ3n) is 5.11. The molecule has 0 fully saturated rings. The molecule has 0 saturated heterocycles. The zero-order valence-corrected chi connectivity index (χ0v) is 18.1. The Balaban J connectivity index is 1.60. The van der Waals surface area contributed by atoms with Crippen molar-refractivity contribution in [3.8, 4) is 0 Å². The molecular formula is C24H23ClN2OS. The van der Waals surface area contributed by atoms with E-state index in [0.29, 0.717) is 5.02 Å². The lowest BCUT2D eigenvalue weighted by molar-refractivity contribution is -0.115. The highest BCUT2D eigenvalue weighted by atomic mass is 35.5. The van der Waals surface area contributed by atoms with E-state index < -0.39 is 0 Å². The largest absolute Gasteiger partial charge is 0.341 e. The predicted molar refractivity (Wildman–Crippen MR) is 125 cm³/mol. The van der Waals surface area contributed by atoms with Gasteiger partial charge in [0.25, 0.3) is 0 Å². The standard InChI is InChI=1S/C24H23ClN2OS/c1-3-23(29-18-12-9-16(25)10-13-18)24(28)26-17-11-14-22-20(15-17)19-7-5-6-8-21(19)27(22)4-2/h5-15,23H,3-4H2,1-2H3,(H,26,28)/t23-/m1/s1. The molecule has 0 spiro atoms. The number of rotatable bonds is 6. The molecule has 0 aliphatic heterocycles. The summed E-state index contributed by atoms with van der Waals surface area (Å²) in [7, 11) is 0. The number of hydrogen-bond acceptors (Lipinski definition) is 2. The molecule has 1 aromatic heterocycles. The summed E-state index contributed by atoms with van der Waals surface area (Å²) in [6.07, 6.45) is 0.747. The second-order valence-electron chi connectivity index (χ2n) is 6.95. The van der Waals surface area contributed by atoms with E-state index in [9.17, 15) is 4.79 Å². The SMILES string of the molecule is CC[C@@H](Sc1ccc(Cl)cc1)C(=O)Nc1ccc2c(c1)c1ccccc1n2CC. The van der Waals surface area contributed by atoms with E-state index in [1.807, 2.05) is 37.3 Å². The minimum absolute atomic E-state index is 0.0195. The number of aryl methyl sites for hydroxylation is 1. The Morgan fingerprint density at radius 3 is 2.45 bits per heavy atom. The first-order valence-corrected chi connectivity index (χ1v) is 11.1. The van der Waals surface area contributed by atoms with Crippen LogP contribution >= 0.6 is 23.4 Å². The Kier molecular flexibility index (Phi) is 5.84. The van der Waals surface area contributed by atoms with Crippen LogP contribution in [0.5, 0.6) is 0 Å². The van der Waals surface area contributed by atoms with Gasteiger partial charge in [-0.2, -0.15) is 0 Å².